The third-order valence-corrected chi connectivity index (χ3v) is 4.00. The zero-order valence-electron chi connectivity index (χ0n) is 11.1. The lowest BCUT2D eigenvalue weighted by Crippen LogP contribution is -2.09. The van der Waals surface area contributed by atoms with Crippen LogP contribution < -0.4 is 0 Å². The number of nitrogens with zero attached hydrogens (tertiary/aromatic N) is 1. The molecule has 3 aromatic rings. The Morgan fingerprint density at radius 2 is 1.80 bits per heavy atom. The van der Waals surface area contributed by atoms with Gasteiger partial charge in [0.25, 0.3) is 0 Å². The van der Waals surface area contributed by atoms with Gasteiger partial charge in [0.05, 0.1) is 6.54 Å². The van der Waals surface area contributed by atoms with Crippen molar-refractivity contribution in [2.24, 2.45) is 0 Å². The molecule has 20 heavy (non-hydrogen) atoms. The van der Waals surface area contributed by atoms with Crippen molar-refractivity contribution in [3.63, 3.8) is 0 Å². The molecule has 0 unspecified atom stereocenters. The highest BCUT2D eigenvalue weighted by atomic mass is 79.9. The van der Waals surface area contributed by atoms with Gasteiger partial charge < -0.3 is 4.57 Å². The monoisotopic (exact) mass is 327 g/mol. The van der Waals surface area contributed by atoms with Crippen LogP contribution in [-0.4, -0.2) is 10.4 Å². The molecule has 0 aliphatic carbocycles. The SMILES string of the molecule is Cc1cn(CC(=O)c2ccc(Br)cc2)c2ccccc12. The lowest BCUT2D eigenvalue weighted by Gasteiger charge is -2.05. The molecule has 2 aromatic carbocycles. The van der Waals surface area contributed by atoms with Gasteiger partial charge in [0.2, 0.25) is 0 Å². The first-order valence-corrected chi connectivity index (χ1v) is 7.28. The van der Waals surface area contributed by atoms with Crippen LogP contribution in [0.15, 0.2) is 59.2 Å². The average molecular weight is 328 g/mol. The van der Waals surface area contributed by atoms with E-state index in [9.17, 15) is 4.79 Å². The summed E-state index contributed by atoms with van der Waals surface area (Å²) in [5, 5.41) is 1.20. The molecule has 0 saturated heterocycles. The Morgan fingerprint density at radius 1 is 1.10 bits per heavy atom. The van der Waals surface area contributed by atoms with Crippen LogP contribution in [-0.2, 0) is 6.54 Å². The van der Waals surface area contributed by atoms with E-state index < -0.39 is 0 Å². The highest BCUT2D eigenvalue weighted by Crippen LogP contribution is 2.21. The average Bonchev–Trinajstić information content (AvgIpc) is 2.77. The van der Waals surface area contributed by atoms with E-state index in [0.29, 0.717) is 6.54 Å². The molecular weight excluding hydrogens is 314 g/mol. The number of carbonyl (C=O) groups is 1. The summed E-state index contributed by atoms with van der Waals surface area (Å²) < 4.78 is 3.01. The molecular formula is C17H14BrNO. The summed E-state index contributed by atoms with van der Waals surface area (Å²) in [5.41, 5.74) is 3.04. The number of ketones is 1. The fourth-order valence-corrected chi connectivity index (χ4v) is 2.71. The van der Waals surface area contributed by atoms with Crippen molar-refractivity contribution in [3.8, 4) is 0 Å². The van der Waals surface area contributed by atoms with E-state index >= 15 is 0 Å². The second-order valence-corrected chi connectivity index (χ2v) is 5.80. The minimum absolute atomic E-state index is 0.123. The van der Waals surface area contributed by atoms with Gasteiger partial charge in [-0.25, -0.2) is 0 Å². The molecule has 0 saturated carbocycles. The Labute approximate surface area is 126 Å². The second-order valence-electron chi connectivity index (χ2n) is 4.89. The highest BCUT2D eigenvalue weighted by molar-refractivity contribution is 9.10. The van der Waals surface area contributed by atoms with E-state index in [2.05, 4.69) is 35.0 Å². The number of hydrogen-bond acceptors (Lipinski definition) is 1. The van der Waals surface area contributed by atoms with Crippen molar-refractivity contribution in [1.82, 2.24) is 4.57 Å². The van der Waals surface area contributed by atoms with E-state index in [1.165, 1.54) is 10.9 Å². The van der Waals surface area contributed by atoms with Crippen LogP contribution in [0, 0.1) is 6.92 Å². The van der Waals surface area contributed by atoms with E-state index in [-0.39, 0.29) is 5.78 Å². The maximum Gasteiger partial charge on any atom is 0.182 e. The van der Waals surface area contributed by atoms with Crippen molar-refractivity contribution in [2.75, 3.05) is 0 Å². The molecule has 1 aromatic heterocycles. The molecule has 1 heterocycles. The lowest BCUT2D eigenvalue weighted by atomic mass is 10.1. The molecule has 0 aliphatic heterocycles. The number of para-hydroxylation sites is 1. The topological polar surface area (TPSA) is 22.0 Å². The molecule has 0 N–H and O–H groups in total. The van der Waals surface area contributed by atoms with Crippen LogP contribution >= 0.6 is 15.9 Å². The van der Waals surface area contributed by atoms with E-state index in [0.717, 1.165) is 15.6 Å². The van der Waals surface area contributed by atoms with E-state index in [1.54, 1.807) is 0 Å². The number of aryl methyl sites for hydroxylation is 1. The minimum Gasteiger partial charge on any atom is -0.339 e. The number of hydrogen-bond donors (Lipinski definition) is 0. The summed E-state index contributed by atoms with van der Waals surface area (Å²) in [7, 11) is 0. The maximum atomic E-state index is 12.3. The molecule has 3 rings (SSSR count). The van der Waals surface area contributed by atoms with Crippen LogP contribution in [0.3, 0.4) is 0 Å². The van der Waals surface area contributed by atoms with Gasteiger partial charge in [-0.2, -0.15) is 0 Å². The van der Waals surface area contributed by atoms with Gasteiger partial charge in [-0.15, -0.1) is 0 Å². The van der Waals surface area contributed by atoms with Crippen molar-refractivity contribution < 1.29 is 4.79 Å². The van der Waals surface area contributed by atoms with Crippen LogP contribution in [0.1, 0.15) is 15.9 Å². The molecule has 0 aliphatic rings. The Hall–Kier alpha value is -1.87. The van der Waals surface area contributed by atoms with Crippen LogP contribution in [0.25, 0.3) is 10.9 Å². The number of aromatic nitrogens is 1. The summed E-state index contributed by atoms with van der Waals surface area (Å²) in [5.74, 6) is 0.123. The number of fused-ring (bicyclic) bond motifs is 1. The summed E-state index contributed by atoms with van der Waals surface area (Å²) in [6, 6.07) is 15.7. The number of benzene rings is 2. The Kier molecular flexibility index (Phi) is 3.45. The largest absolute Gasteiger partial charge is 0.339 e. The first-order valence-electron chi connectivity index (χ1n) is 6.48. The summed E-state index contributed by atoms with van der Waals surface area (Å²) in [6.45, 7) is 2.44. The fourth-order valence-electron chi connectivity index (χ4n) is 2.44. The van der Waals surface area contributed by atoms with Crippen LogP contribution in [0.2, 0.25) is 0 Å². The molecule has 3 heteroatoms. The molecule has 0 amide bonds. The van der Waals surface area contributed by atoms with Gasteiger partial charge in [0.1, 0.15) is 0 Å². The first kappa shape index (κ1) is 13.1. The summed E-state index contributed by atoms with van der Waals surface area (Å²) in [4.78, 5) is 12.3. The van der Waals surface area contributed by atoms with Crippen molar-refractivity contribution in [1.29, 1.82) is 0 Å². The minimum atomic E-state index is 0.123. The maximum absolute atomic E-state index is 12.3. The number of halogens is 1. The zero-order valence-corrected chi connectivity index (χ0v) is 12.7. The van der Waals surface area contributed by atoms with E-state index in [4.69, 9.17) is 0 Å². The molecule has 2 nitrogen and oxygen atoms in total. The normalized spacial score (nSPS) is 10.9. The third-order valence-electron chi connectivity index (χ3n) is 3.47. The smallest absolute Gasteiger partial charge is 0.182 e. The van der Waals surface area contributed by atoms with Crippen molar-refractivity contribution in [2.45, 2.75) is 13.5 Å². The molecule has 0 atom stereocenters. The van der Waals surface area contributed by atoms with Gasteiger partial charge in [-0.05, 0) is 30.7 Å². The number of Topliss-reactive ketones (excluding diaryl/α,β-unsaturated/α-hetero) is 1. The van der Waals surface area contributed by atoms with Gasteiger partial charge in [0, 0.05) is 27.1 Å². The van der Waals surface area contributed by atoms with Crippen molar-refractivity contribution >= 4 is 32.6 Å². The van der Waals surface area contributed by atoms with E-state index in [1.807, 2.05) is 47.2 Å². The highest BCUT2D eigenvalue weighted by Gasteiger charge is 2.10. The Balaban J connectivity index is 1.93. The van der Waals surface area contributed by atoms with Gasteiger partial charge in [-0.3, -0.25) is 4.79 Å². The Morgan fingerprint density at radius 3 is 2.55 bits per heavy atom. The molecule has 100 valence electrons. The van der Waals surface area contributed by atoms with Crippen molar-refractivity contribution in [3.05, 3.63) is 70.3 Å². The third kappa shape index (κ3) is 2.41. The number of carbonyl (C=O) groups excluding carboxylic acids is 1. The van der Waals surface area contributed by atoms with Gasteiger partial charge >= 0.3 is 0 Å². The van der Waals surface area contributed by atoms with Crippen LogP contribution in [0.4, 0.5) is 0 Å². The standard InChI is InChI=1S/C17H14BrNO/c1-12-10-19(16-5-3-2-4-15(12)16)11-17(20)13-6-8-14(18)9-7-13/h2-10H,11H2,1H3. The molecule has 0 radical (unpaired) electrons. The zero-order chi connectivity index (χ0) is 14.1. The molecule has 0 bridgehead atoms. The Bertz CT molecular complexity index is 771. The molecule has 0 fully saturated rings. The quantitative estimate of drug-likeness (QED) is 0.644. The summed E-state index contributed by atoms with van der Waals surface area (Å²) in [6.07, 6.45) is 2.04. The predicted octanol–water partition coefficient (Wildman–Crippen LogP) is 4.60. The van der Waals surface area contributed by atoms with Crippen LogP contribution in [0.5, 0.6) is 0 Å². The number of rotatable bonds is 3. The second kappa shape index (κ2) is 5.25. The fraction of sp³-hybridized carbons (Fsp3) is 0.118. The molecule has 0 spiro atoms. The summed E-state index contributed by atoms with van der Waals surface area (Å²) >= 11 is 3.38. The van der Waals surface area contributed by atoms with Gasteiger partial charge in [-0.1, -0.05) is 46.3 Å². The predicted molar refractivity (Wildman–Crippen MR) is 85.1 cm³/mol. The van der Waals surface area contributed by atoms with Gasteiger partial charge in [0.15, 0.2) is 5.78 Å². The first-order chi connectivity index (χ1) is 9.65. The lowest BCUT2D eigenvalue weighted by molar-refractivity contribution is 0.0973.